The van der Waals surface area contributed by atoms with E-state index >= 15 is 0 Å². The highest BCUT2D eigenvalue weighted by atomic mass is 19.1. The smallest absolute Gasteiger partial charge is 0.161 e. The lowest BCUT2D eigenvalue weighted by Crippen LogP contribution is -2.18. The molecule has 0 atom stereocenters. The third-order valence-electron chi connectivity index (χ3n) is 3.40. The molecule has 0 unspecified atom stereocenters. The summed E-state index contributed by atoms with van der Waals surface area (Å²) in [6.45, 7) is 2.67. The summed E-state index contributed by atoms with van der Waals surface area (Å²) in [5.74, 6) is 1.41. The molecule has 110 valence electrons. The van der Waals surface area contributed by atoms with E-state index in [4.69, 9.17) is 9.47 Å². The standard InChI is InChI=1S/C17H18FNO2/c1-19(11-13-3-2-4-15(18)9-13)12-14-5-6-16-17(10-14)21-8-7-20-16/h2-6,9-10H,7-8,11-12H2,1H3. The van der Waals surface area contributed by atoms with Crippen LogP contribution < -0.4 is 9.47 Å². The first kappa shape index (κ1) is 13.9. The van der Waals surface area contributed by atoms with Gasteiger partial charge in [-0.25, -0.2) is 4.39 Å². The van der Waals surface area contributed by atoms with Crippen molar-refractivity contribution in [1.29, 1.82) is 0 Å². The monoisotopic (exact) mass is 287 g/mol. The Balaban J connectivity index is 1.65. The zero-order valence-electron chi connectivity index (χ0n) is 12.0. The number of hydrogen-bond acceptors (Lipinski definition) is 3. The summed E-state index contributed by atoms with van der Waals surface area (Å²) < 4.78 is 24.3. The molecule has 0 saturated carbocycles. The average Bonchev–Trinajstić information content (AvgIpc) is 2.47. The van der Waals surface area contributed by atoms with E-state index < -0.39 is 0 Å². The van der Waals surface area contributed by atoms with E-state index in [1.807, 2.05) is 31.3 Å². The van der Waals surface area contributed by atoms with Crippen LogP contribution in [-0.4, -0.2) is 25.2 Å². The van der Waals surface area contributed by atoms with Gasteiger partial charge in [0.1, 0.15) is 19.0 Å². The van der Waals surface area contributed by atoms with Gasteiger partial charge < -0.3 is 9.47 Å². The van der Waals surface area contributed by atoms with Crippen LogP contribution in [0.25, 0.3) is 0 Å². The van der Waals surface area contributed by atoms with E-state index in [0.29, 0.717) is 19.8 Å². The van der Waals surface area contributed by atoms with Gasteiger partial charge in [-0.1, -0.05) is 18.2 Å². The van der Waals surface area contributed by atoms with Gasteiger partial charge in [0.2, 0.25) is 0 Å². The molecule has 2 aromatic carbocycles. The number of ether oxygens (including phenoxy) is 2. The summed E-state index contributed by atoms with van der Waals surface area (Å²) in [7, 11) is 2.02. The number of fused-ring (bicyclic) bond motifs is 1. The van der Waals surface area contributed by atoms with E-state index in [9.17, 15) is 4.39 Å². The molecule has 0 aromatic heterocycles. The van der Waals surface area contributed by atoms with Gasteiger partial charge in [0.15, 0.2) is 11.5 Å². The molecule has 1 heterocycles. The topological polar surface area (TPSA) is 21.7 Å². The van der Waals surface area contributed by atoms with E-state index in [1.165, 1.54) is 6.07 Å². The van der Waals surface area contributed by atoms with Crippen LogP contribution in [0, 0.1) is 5.82 Å². The second kappa shape index (κ2) is 6.14. The van der Waals surface area contributed by atoms with Crippen molar-refractivity contribution in [2.45, 2.75) is 13.1 Å². The minimum Gasteiger partial charge on any atom is -0.486 e. The summed E-state index contributed by atoms with van der Waals surface area (Å²) in [4.78, 5) is 2.14. The van der Waals surface area contributed by atoms with Crippen molar-refractivity contribution in [1.82, 2.24) is 4.90 Å². The molecule has 0 N–H and O–H groups in total. The van der Waals surface area contributed by atoms with Gasteiger partial charge in [0.05, 0.1) is 0 Å². The van der Waals surface area contributed by atoms with E-state index in [1.54, 1.807) is 12.1 Å². The third kappa shape index (κ3) is 3.52. The molecule has 0 bridgehead atoms. The summed E-state index contributed by atoms with van der Waals surface area (Å²) in [6, 6.07) is 12.7. The van der Waals surface area contributed by atoms with Crippen LogP contribution in [0.5, 0.6) is 11.5 Å². The molecule has 0 saturated heterocycles. The Morgan fingerprint density at radius 1 is 0.952 bits per heavy atom. The molecular formula is C17H18FNO2. The van der Waals surface area contributed by atoms with E-state index in [-0.39, 0.29) is 5.82 Å². The predicted molar refractivity (Wildman–Crippen MR) is 79.0 cm³/mol. The Kier molecular flexibility index (Phi) is 4.06. The van der Waals surface area contributed by atoms with Crippen LogP contribution in [-0.2, 0) is 13.1 Å². The van der Waals surface area contributed by atoms with Crippen LogP contribution in [0.1, 0.15) is 11.1 Å². The highest BCUT2D eigenvalue weighted by Crippen LogP contribution is 2.31. The Bertz CT molecular complexity index is 630. The summed E-state index contributed by atoms with van der Waals surface area (Å²) in [5, 5.41) is 0. The molecule has 0 amide bonds. The molecule has 1 aliphatic rings. The molecule has 2 aromatic rings. The molecule has 0 fully saturated rings. The van der Waals surface area contributed by atoms with Gasteiger partial charge in [-0.3, -0.25) is 4.90 Å². The summed E-state index contributed by atoms with van der Waals surface area (Å²) >= 11 is 0. The Hall–Kier alpha value is -2.07. The Morgan fingerprint density at radius 3 is 2.43 bits per heavy atom. The van der Waals surface area contributed by atoms with E-state index in [0.717, 1.165) is 29.2 Å². The SMILES string of the molecule is CN(Cc1cccc(F)c1)Cc1ccc2c(c1)OCCO2. The minimum atomic E-state index is -0.194. The predicted octanol–water partition coefficient (Wildman–Crippen LogP) is 3.23. The van der Waals surface area contributed by atoms with Gasteiger partial charge >= 0.3 is 0 Å². The van der Waals surface area contributed by atoms with Gasteiger partial charge in [0, 0.05) is 13.1 Å². The van der Waals surface area contributed by atoms with Crippen molar-refractivity contribution < 1.29 is 13.9 Å². The second-order valence-electron chi connectivity index (χ2n) is 5.28. The number of halogens is 1. The van der Waals surface area contributed by atoms with Crippen molar-refractivity contribution in [3.05, 3.63) is 59.4 Å². The van der Waals surface area contributed by atoms with Gasteiger partial charge in [-0.05, 0) is 42.4 Å². The average molecular weight is 287 g/mol. The number of hydrogen-bond donors (Lipinski definition) is 0. The fraction of sp³-hybridized carbons (Fsp3) is 0.294. The lowest BCUT2D eigenvalue weighted by atomic mass is 10.1. The second-order valence-corrected chi connectivity index (χ2v) is 5.28. The highest BCUT2D eigenvalue weighted by molar-refractivity contribution is 5.43. The number of benzene rings is 2. The maximum absolute atomic E-state index is 13.2. The Labute approximate surface area is 123 Å². The maximum Gasteiger partial charge on any atom is 0.161 e. The lowest BCUT2D eigenvalue weighted by Gasteiger charge is -2.21. The third-order valence-corrected chi connectivity index (χ3v) is 3.40. The van der Waals surface area contributed by atoms with Crippen molar-refractivity contribution in [3.8, 4) is 11.5 Å². The zero-order chi connectivity index (χ0) is 14.7. The molecule has 3 rings (SSSR count). The fourth-order valence-corrected chi connectivity index (χ4v) is 2.50. The summed E-state index contributed by atoms with van der Waals surface area (Å²) in [6.07, 6.45) is 0. The molecule has 21 heavy (non-hydrogen) atoms. The minimum absolute atomic E-state index is 0.194. The van der Waals surface area contributed by atoms with Gasteiger partial charge in [0.25, 0.3) is 0 Å². The van der Waals surface area contributed by atoms with Gasteiger partial charge in [-0.2, -0.15) is 0 Å². The van der Waals surface area contributed by atoms with Crippen molar-refractivity contribution in [2.24, 2.45) is 0 Å². The fourth-order valence-electron chi connectivity index (χ4n) is 2.50. The first-order chi connectivity index (χ1) is 10.2. The van der Waals surface area contributed by atoms with Crippen LogP contribution in [0.15, 0.2) is 42.5 Å². The molecule has 3 nitrogen and oxygen atoms in total. The highest BCUT2D eigenvalue weighted by Gasteiger charge is 2.12. The maximum atomic E-state index is 13.2. The zero-order valence-corrected chi connectivity index (χ0v) is 12.0. The van der Waals surface area contributed by atoms with Crippen LogP contribution in [0.2, 0.25) is 0 Å². The molecule has 0 aliphatic carbocycles. The molecular weight excluding hydrogens is 269 g/mol. The van der Waals surface area contributed by atoms with Crippen molar-refractivity contribution in [3.63, 3.8) is 0 Å². The van der Waals surface area contributed by atoms with Crippen molar-refractivity contribution >= 4 is 0 Å². The molecule has 1 aliphatic heterocycles. The first-order valence-corrected chi connectivity index (χ1v) is 7.02. The quantitative estimate of drug-likeness (QED) is 0.862. The lowest BCUT2D eigenvalue weighted by molar-refractivity contribution is 0.171. The Morgan fingerprint density at radius 2 is 1.67 bits per heavy atom. The summed E-state index contributed by atoms with van der Waals surface area (Å²) in [5.41, 5.74) is 2.12. The van der Waals surface area contributed by atoms with E-state index in [2.05, 4.69) is 4.90 Å². The number of nitrogens with zero attached hydrogens (tertiary/aromatic N) is 1. The van der Waals surface area contributed by atoms with Crippen LogP contribution in [0.3, 0.4) is 0 Å². The van der Waals surface area contributed by atoms with Crippen LogP contribution >= 0.6 is 0 Å². The van der Waals surface area contributed by atoms with Gasteiger partial charge in [-0.15, -0.1) is 0 Å². The van der Waals surface area contributed by atoms with Crippen molar-refractivity contribution in [2.75, 3.05) is 20.3 Å². The first-order valence-electron chi connectivity index (χ1n) is 7.02. The van der Waals surface area contributed by atoms with Crippen LogP contribution in [0.4, 0.5) is 4.39 Å². The number of rotatable bonds is 4. The normalized spacial score (nSPS) is 13.5. The largest absolute Gasteiger partial charge is 0.486 e. The molecule has 0 spiro atoms. The molecule has 0 radical (unpaired) electrons. The molecule has 4 heteroatoms.